The highest BCUT2D eigenvalue weighted by molar-refractivity contribution is 7.92. The average Bonchev–Trinajstić information content (AvgIpc) is 2.38. The number of anilines is 1. The Hall–Kier alpha value is -2.02. The lowest BCUT2D eigenvalue weighted by atomic mass is 10.2. The minimum Gasteiger partial charge on any atom is -0.280 e. The number of hydrogen-bond acceptors (Lipinski definition) is 2. The lowest BCUT2D eigenvalue weighted by Crippen LogP contribution is -2.13. The molecule has 2 aromatic carbocycles. The minimum absolute atomic E-state index is 0.0578. The first kappa shape index (κ1) is 15.4. The fraction of sp³-hybridized carbons (Fsp3) is 0.143. The topological polar surface area (TPSA) is 46.2 Å². The Kier molecular flexibility index (Phi) is 3.95. The summed E-state index contributed by atoms with van der Waals surface area (Å²) in [5.74, 6) is 0. The lowest BCUT2D eigenvalue weighted by Gasteiger charge is -2.10. The second kappa shape index (κ2) is 5.40. The van der Waals surface area contributed by atoms with Gasteiger partial charge in [-0.25, -0.2) is 8.42 Å². The molecular formula is C14H12F3NO2S. The third-order valence-electron chi connectivity index (χ3n) is 2.76. The summed E-state index contributed by atoms with van der Waals surface area (Å²) in [5.41, 5.74) is 0.0100. The predicted molar refractivity (Wildman–Crippen MR) is 73.4 cm³/mol. The summed E-state index contributed by atoms with van der Waals surface area (Å²) in [7, 11) is -3.82. The Morgan fingerprint density at radius 2 is 1.62 bits per heavy atom. The van der Waals surface area contributed by atoms with Gasteiger partial charge in [0.25, 0.3) is 10.0 Å². The average molecular weight is 315 g/mol. The fourth-order valence-corrected chi connectivity index (χ4v) is 2.89. The van der Waals surface area contributed by atoms with E-state index in [0.29, 0.717) is 0 Å². The molecule has 7 heteroatoms. The van der Waals surface area contributed by atoms with Crippen molar-refractivity contribution in [2.75, 3.05) is 4.72 Å². The molecule has 0 bridgehead atoms. The zero-order valence-electron chi connectivity index (χ0n) is 11.0. The van der Waals surface area contributed by atoms with Crippen molar-refractivity contribution in [3.63, 3.8) is 0 Å². The molecule has 0 aliphatic rings. The van der Waals surface area contributed by atoms with Crippen LogP contribution in [-0.2, 0) is 16.2 Å². The number of hydrogen-bond donors (Lipinski definition) is 1. The van der Waals surface area contributed by atoms with E-state index in [4.69, 9.17) is 0 Å². The maximum atomic E-state index is 12.4. The molecule has 0 atom stereocenters. The van der Waals surface area contributed by atoms with Crippen molar-refractivity contribution in [2.45, 2.75) is 18.0 Å². The quantitative estimate of drug-likeness (QED) is 0.936. The van der Waals surface area contributed by atoms with Crippen LogP contribution in [-0.4, -0.2) is 8.42 Å². The molecule has 2 aromatic rings. The Bertz CT molecular complexity index is 738. The summed E-state index contributed by atoms with van der Waals surface area (Å²) in [4.78, 5) is 0.0578. The van der Waals surface area contributed by atoms with Gasteiger partial charge in [0.15, 0.2) is 0 Å². The van der Waals surface area contributed by atoms with E-state index in [2.05, 4.69) is 4.72 Å². The van der Waals surface area contributed by atoms with Crippen molar-refractivity contribution in [2.24, 2.45) is 0 Å². The first-order chi connectivity index (χ1) is 9.68. The number of alkyl halides is 3. The number of nitrogens with one attached hydrogen (secondary N) is 1. The molecule has 1 N–H and O–H groups in total. The van der Waals surface area contributed by atoms with E-state index in [0.717, 1.165) is 29.8 Å². The second-order valence-corrected chi connectivity index (χ2v) is 6.18. The summed E-state index contributed by atoms with van der Waals surface area (Å²) < 4.78 is 63.7. The van der Waals surface area contributed by atoms with Gasteiger partial charge in [-0.1, -0.05) is 12.1 Å². The van der Waals surface area contributed by atoms with Crippen molar-refractivity contribution in [3.8, 4) is 0 Å². The van der Waals surface area contributed by atoms with Gasteiger partial charge in [-0.05, 0) is 48.9 Å². The van der Waals surface area contributed by atoms with Crippen molar-refractivity contribution in [3.05, 3.63) is 59.7 Å². The zero-order chi connectivity index (χ0) is 15.7. The van der Waals surface area contributed by atoms with E-state index >= 15 is 0 Å². The second-order valence-electron chi connectivity index (χ2n) is 4.50. The molecule has 0 aromatic heterocycles. The van der Waals surface area contributed by atoms with Crippen LogP contribution >= 0.6 is 0 Å². The third kappa shape index (κ3) is 3.75. The van der Waals surface area contributed by atoms with Gasteiger partial charge < -0.3 is 0 Å². The van der Waals surface area contributed by atoms with Crippen molar-refractivity contribution in [1.82, 2.24) is 0 Å². The largest absolute Gasteiger partial charge is 0.416 e. The summed E-state index contributed by atoms with van der Waals surface area (Å²) in [6.45, 7) is 1.75. The highest BCUT2D eigenvalue weighted by Crippen LogP contribution is 2.30. The number of aryl methyl sites for hydroxylation is 1. The molecule has 0 saturated carbocycles. The van der Waals surface area contributed by atoms with Gasteiger partial charge in [-0.3, -0.25) is 4.72 Å². The normalized spacial score (nSPS) is 12.2. The number of rotatable bonds is 3. The molecule has 21 heavy (non-hydrogen) atoms. The van der Waals surface area contributed by atoms with Gasteiger partial charge in [0, 0.05) is 5.69 Å². The van der Waals surface area contributed by atoms with Gasteiger partial charge in [-0.15, -0.1) is 0 Å². The van der Waals surface area contributed by atoms with E-state index < -0.39 is 21.8 Å². The standard InChI is InChI=1S/C14H12F3NO2S/c1-10-3-2-4-13(9-10)21(19,20)18-12-7-5-11(6-8-12)14(15,16)17/h2-9,18H,1H3. The number of halogens is 3. The maximum Gasteiger partial charge on any atom is 0.416 e. The van der Waals surface area contributed by atoms with Crippen LogP contribution in [0.15, 0.2) is 53.4 Å². The maximum absolute atomic E-state index is 12.4. The molecule has 0 fully saturated rings. The molecule has 0 heterocycles. The van der Waals surface area contributed by atoms with E-state index in [1.165, 1.54) is 12.1 Å². The lowest BCUT2D eigenvalue weighted by molar-refractivity contribution is -0.137. The molecule has 0 unspecified atom stereocenters. The van der Waals surface area contributed by atoms with Crippen LogP contribution < -0.4 is 4.72 Å². The van der Waals surface area contributed by atoms with Crippen LogP contribution in [0.25, 0.3) is 0 Å². The first-order valence-electron chi connectivity index (χ1n) is 5.95. The van der Waals surface area contributed by atoms with Crippen LogP contribution in [0, 0.1) is 6.92 Å². The van der Waals surface area contributed by atoms with Gasteiger partial charge in [0.1, 0.15) is 0 Å². The van der Waals surface area contributed by atoms with Crippen molar-refractivity contribution >= 4 is 15.7 Å². The Balaban J connectivity index is 2.25. The first-order valence-corrected chi connectivity index (χ1v) is 7.43. The zero-order valence-corrected chi connectivity index (χ0v) is 11.8. The molecular weight excluding hydrogens is 303 g/mol. The predicted octanol–water partition coefficient (Wildman–Crippen LogP) is 3.81. The van der Waals surface area contributed by atoms with Gasteiger partial charge in [0.2, 0.25) is 0 Å². The van der Waals surface area contributed by atoms with Crippen LogP contribution in [0.2, 0.25) is 0 Å². The monoisotopic (exact) mass is 315 g/mol. The molecule has 112 valence electrons. The van der Waals surface area contributed by atoms with Crippen LogP contribution in [0.4, 0.5) is 18.9 Å². The molecule has 0 amide bonds. The summed E-state index contributed by atoms with van der Waals surface area (Å²) in [5, 5.41) is 0. The molecule has 0 saturated heterocycles. The van der Waals surface area contributed by atoms with Crippen LogP contribution in [0.1, 0.15) is 11.1 Å². The molecule has 0 radical (unpaired) electrons. The van der Waals surface area contributed by atoms with E-state index in [9.17, 15) is 21.6 Å². The van der Waals surface area contributed by atoms with Crippen LogP contribution in [0.5, 0.6) is 0 Å². The smallest absolute Gasteiger partial charge is 0.280 e. The number of benzene rings is 2. The van der Waals surface area contributed by atoms with E-state index in [-0.39, 0.29) is 10.6 Å². The summed E-state index contributed by atoms with van der Waals surface area (Å²) >= 11 is 0. The molecule has 3 nitrogen and oxygen atoms in total. The Labute approximate surface area is 120 Å². The Morgan fingerprint density at radius 1 is 1.00 bits per heavy atom. The summed E-state index contributed by atoms with van der Waals surface area (Å²) in [6.07, 6.45) is -4.45. The number of sulfonamides is 1. The van der Waals surface area contributed by atoms with Crippen LogP contribution in [0.3, 0.4) is 0 Å². The van der Waals surface area contributed by atoms with Crippen molar-refractivity contribution < 1.29 is 21.6 Å². The van der Waals surface area contributed by atoms with Gasteiger partial charge in [-0.2, -0.15) is 13.2 Å². The van der Waals surface area contributed by atoms with E-state index in [1.54, 1.807) is 19.1 Å². The van der Waals surface area contributed by atoms with Crippen molar-refractivity contribution in [1.29, 1.82) is 0 Å². The fourth-order valence-electron chi connectivity index (χ4n) is 1.72. The third-order valence-corrected chi connectivity index (χ3v) is 4.14. The highest BCUT2D eigenvalue weighted by Gasteiger charge is 2.30. The summed E-state index contributed by atoms with van der Waals surface area (Å²) in [6, 6.07) is 10.0. The SMILES string of the molecule is Cc1cccc(S(=O)(=O)Nc2ccc(C(F)(F)F)cc2)c1. The van der Waals surface area contributed by atoms with E-state index in [1.807, 2.05) is 0 Å². The van der Waals surface area contributed by atoms with Gasteiger partial charge in [0.05, 0.1) is 10.5 Å². The minimum atomic E-state index is -4.45. The molecule has 2 rings (SSSR count). The van der Waals surface area contributed by atoms with Gasteiger partial charge >= 0.3 is 6.18 Å². The Morgan fingerprint density at radius 3 is 2.14 bits per heavy atom. The molecule has 0 aliphatic heterocycles. The molecule has 0 spiro atoms. The molecule has 0 aliphatic carbocycles. The highest BCUT2D eigenvalue weighted by atomic mass is 32.2.